The highest BCUT2D eigenvalue weighted by molar-refractivity contribution is 9.10. The quantitative estimate of drug-likeness (QED) is 0.733. The van der Waals surface area contributed by atoms with Gasteiger partial charge in [-0.1, -0.05) is 18.5 Å². The summed E-state index contributed by atoms with van der Waals surface area (Å²) in [5, 5.41) is 1.83. The Bertz CT molecular complexity index is 487. The Morgan fingerprint density at radius 1 is 1.43 bits per heavy atom. The highest BCUT2D eigenvalue weighted by atomic mass is 79.9. The third-order valence-corrected chi connectivity index (χ3v) is 3.18. The predicted octanol–water partition coefficient (Wildman–Crippen LogP) is 4.72. The third-order valence-electron chi connectivity index (χ3n) is 2.38. The number of hydrogen-bond donors (Lipinski definition) is 0. The molecule has 0 saturated carbocycles. The summed E-state index contributed by atoms with van der Waals surface area (Å²) in [6.45, 7) is 4.15. The van der Waals surface area contributed by atoms with E-state index in [4.69, 9.17) is 16.0 Å². The van der Waals surface area contributed by atoms with Crippen LogP contribution in [-0.2, 0) is 6.42 Å². The monoisotopic (exact) mass is 272 g/mol. The van der Waals surface area contributed by atoms with Crippen molar-refractivity contribution in [1.29, 1.82) is 0 Å². The minimum Gasteiger partial charge on any atom is -0.460 e. The van der Waals surface area contributed by atoms with Crippen LogP contribution in [0.1, 0.15) is 18.2 Å². The highest BCUT2D eigenvalue weighted by Crippen LogP contribution is 2.33. The molecule has 0 unspecified atom stereocenters. The van der Waals surface area contributed by atoms with Crippen molar-refractivity contribution in [2.24, 2.45) is 0 Å². The molecular weight excluding hydrogens is 263 g/mol. The topological polar surface area (TPSA) is 13.1 Å². The van der Waals surface area contributed by atoms with Crippen LogP contribution >= 0.6 is 27.5 Å². The number of halogens is 2. The molecule has 0 amide bonds. The van der Waals surface area contributed by atoms with Crippen molar-refractivity contribution >= 4 is 38.5 Å². The lowest BCUT2D eigenvalue weighted by Crippen LogP contribution is -1.77. The molecule has 0 aliphatic carbocycles. The molecule has 14 heavy (non-hydrogen) atoms. The van der Waals surface area contributed by atoms with Crippen LogP contribution in [0.5, 0.6) is 0 Å². The maximum absolute atomic E-state index is 5.98. The molecule has 1 aromatic heterocycles. The molecule has 2 aromatic rings. The van der Waals surface area contributed by atoms with Crippen molar-refractivity contribution in [2.75, 3.05) is 0 Å². The van der Waals surface area contributed by atoms with Crippen LogP contribution < -0.4 is 0 Å². The molecule has 0 aliphatic heterocycles. The number of rotatable bonds is 1. The molecule has 74 valence electrons. The second-order valence-electron chi connectivity index (χ2n) is 3.27. The Labute approximate surface area is 96.2 Å². The third kappa shape index (κ3) is 1.47. The van der Waals surface area contributed by atoms with Crippen LogP contribution in [0.4, 0.5) is 0 Å². The summed E-state index contributed by atoms with van der Waals surface area (Å²) < 4.78 is 6.65. The largest absolute Gasteiger partial charge is 0.460 e. The fourth-order valence-corrected chi connectivity index (χ4v) is 2.52. The van der Waals surface area contributed by atoms with Gasteiger partial charge in [-0.25, -0.2) is 0 Å². The summed E-state index contributed by atoms with van der Waals surface area (Å²) in [7, 11) is 0. The van der Waals surface area contributed by atoms with E-state index in [1.807, 2.05) is 12.1 Å². The molecule has 2 rings (SSSR count). The van der Waals surface area contributed by atoms with Crippen molar-refractivity contribution in [1.82, 2.24) is 0 Å². The average molecular weight is 274 g/mol. The zero-order valence-corrected chi connectivity index (χ0v) is 10.4. The van der Waals surface area contributed by atoms with Crippen molar-refractivity contribution < 1.29 is 4.42 Å². The van der Waals surface area contributed by atoms with Gasteiger partial charge in [0.2, 0.25) is 0 Å². The van der Waals surface area contributed by atoms with E-state index in [1.165, 1.54) is 5.56 Å². The molecule has 3 heteroatoms. The summed E-state index contributed by atoms with van der Waals surface area (Å²) in [6.07, 6.45) is 0.907. The van der Waals surface area contributed by atoms with E-state index in [9.17, 15) is 0 Å². The zero-order chi connectivity index (χ0) is 10.3. The van der Waals surface area contributed by atoms with E-state index in [-0.39, 0.29) is 0 Å². The Morgan fingerprint density at radius 3 is 2.79 bits per heavy atom. The number of benzene rings is 1. The van der Waals surface area contributed by atoms with Crippen LogP contribution in [0.2, 0.25) is 5.02 Å². The SMILES string of the molecule is CCc1oc2c(Br)cc(Cl)cc2c1C. The first kappa shape index (κ1) is 10.1. The second-order valence-corrected chi connectivity index (χ2v) is 4.56. The minimum atomic E-state index is 0.732. The molecule has 1 aromatic carbocycles. The lowest BCUT2D eigenvalue weighted by molar-refractivity contribution is 0.552. The van der Waals surface area contributed by atoms with Crippen molar-refractivity contribution in [3.05, 3.63) is 33.0 Å². The van der Waals surface area contributed by atoms with Crippen LogP contribution in [0.15, 0.2) is 21.0 Å². The second kappa shape index (κ2) is 3.59. The molecule has 0 N–H and O–H groups in total. The van der Waals surface area contributed by atoms with Crippen LogP contribution in [0, 0.1) is 6.92 Å². The fraction of sp³-hybridized carbons (Fsp3) is 0.273. The summed E-state index contributed by atoms with van der Waals surface area (Å²) >= 11 is 9.42. The van der Waals surface area contributed by atoms with Crippen LogP contribution in [0.25, 0.3) is 11.0 Å². The number of fused-ring (bicyclic) bond motifs is 1. The normalized spacial score (nSPS) is 11.1. The molecule has 0 radical (unpaired) electrons. The van der Waals surface area contributed by atoms with Crippen molar-refractivity contribution in [3.63, 3.8) is 0 Å². The van der Waals surface area contributed by atoms with Gasteiger partial charge in [0.25, 0.3) is 0 Å². The van der Waals surface area contributed by atoms with Gasteiger partial charge in [-0.2, -0.15) is 0 Å². The molecule has 0 atom stereocenters. The van der Waals surface area contributed by atoms with E-state index in [0.717, 1.165) is 32.6 Å². The van der Waals surface area contributed by atoms with Gasteiger partial charge in [-0.05, 0) is 40.5 Å². The standard InChI is InChI=1S/C11H10BrClO/c1-3-10-6(2)8-4-7(13)5-9(12)11(8)14-10/h4-5H,3H2,1-2H3. The maximum atomic E-state index is 5.98. The molecular formula is C11H10BrClO. The van der Waals surface area contributed by atoms with Crippen LogP contribution in [-0.4, -0.2) is 0 Å². The van der Waals surface area contributed by atoms with E-state index in [0.29, 0.717) is 0 Å². The number of furan rings is 1. The average Bonchev–Trinajstić information content (AvgIpc) is 2.44. The Kier molecular flexibility index (Phi) is 2.58. The van der Waals surface area contributed by atoms with Gasteiger partial charge < -0.3 is 4.42 Å². The lowest BCUT2D eigenvalue weighted by atomic mass is 10.1. The van der Waals surface area contributed by atoms with Gasteiger partial charge in [0.1, 0.15) is 11.3 Å². The minimum absolute atomic E-state index is 0.732. The van der Waals surface area contributed by atoms with Gasteiger partial charge in [0, 0.05) is 16.8 Å². The highest BCUT2D eigenvalue weighted by Gasteiger charge is 2.12. The molecule has 0 bridgehead atoms. The van der Waals surface area contributed by atoms with Crippen molar-refractivity contribution in [2.45, 2.75) is 20.3 Å². The molecule has 0 aliphatic rings. The number of hydrogen-bond acceptors (Lipinski definition) is 1. The Balaban J connectivity index is 2.85. The first-order chi connectivity index (χ1) is 6.63. The molecule has 1 heterocycles. The smallest absolute Gasteiger partial charge is 0.148 e. The van der Waals surface area contributed by atoms with Crippen molar-refractivity contribution in [3.8, 4) is 0 Å². The number of aryl methyl sites for hydroxylation is 2. The van der Waals surface area contributed by atoms with Gasteiger partial charge in [-0.3, -0.25) is 0 Å². The van der Waals surface area contributed by atoms with E-state index < -0.39 is 0 Å². The fourth-order valence-electron chi connectivity index (χ4n) is 1.63. The molecule has 0 saturated heterocycles. The first-order valence-corrected chi connectivity index (χ1v) is 5.67. The summed E-state index contributed by atoms with van der Waals surface area (Å²) in [4.78, 5) is 0. The van der Waals surface area contributed by atoms with E-state index in [1.54, 1.807) is 0 Å². The summed E-state index contributed by atoms with van der Waals surface area (Å²) in [6, 6.07) is 3.80. The van der Waals surface area contributed by atoms with Gasteiger partial charge in [0.15, 0.2) is 0 Å². The van der Waals surface area contributed by atoms with Crippen LogP contribution in [0.3, 0.4) is 0 Å². The lowest BCUT2D eigenvalue weighted by Gasteiger charge is -1.94. The maximum Gasteiger partial charge on any atom is 0.148 e. The summed E-state index contributed by atoms with van der Waals surface area (Å²) in [5.74, 6) is 1.03. The predicted molar refractivity (Wildman–Crippen MR) is 63.0 cm³/mol. The molecule has 0 spiro atoms. The Morgan fingerprint density at radius 2 is 2.14 bits per heavy atom. The van der Waals surface area contributed by atoms with E-state index in [2.05, 4.69) is 29.8 Å². The molecule has 1 nitrogen and oxygen atoms in total. The molecule has 0 fully saturated rings. The van der Waals surface area contributed by atoms with Gasteiger partial charge in [-0.15, -0.1) is 0 Å². The van der Waals surface area contributed by atoms with E-state index >= 15 is 0 Å². The Hall–Kier alpha value is -0.470. The van der Waals surface area contributed by atoms with Gasteiger partial charge >= 0.3 is 0 Å². The van der Waals surface area contributed by atoms with Gasteiger partial charge in [0.05, 0.1) is 4.47 Å². The zero-order valence-electron chi connectivity index (χ0n) is 8.03. The first-order valence-electron chi connectivity index (χ1n) is 4.50. The summed E-state index contributed by atoms with van der Waals surface area (Å²) in [5.41, 5.74) is 2.08.